The van der Waals surface area contributed by atoms with Gasteiger partial charge in [-0.3, -0.25) is 9.78 Å². The quantitative estimate of drug-likeness (QED) is 0.757. The number of benzene rings is 1. The molecule has 1 heterocycles. The lowest BCUT2D eigenvalue weighted by Gasteiger charge is -2.05. The standard InChI is InChI=1S/C14H12FNO/c1-10-4-5-13(15)7-12(10)8-14(17)11-3-2-6-16-9-11/h2-7,9H,8H2,1H3. The van der Waals surface area contributed by atoms with Gasteiger partial charge in [0.25, 0.3) is 0 Å². The number of aryl methyl sites for hydroxylation is 1. The molecular formula is C14H12FNO. The zero-order valence-corrected chi connectivity index (χ0v) is 9.48. The number of carbonyl (C=O) groups excluding carboxylic acids is 1. The van der Waals surface area contributed by atoms with Gasteiger partial charge in [-0.1, -0.05) is 6.07 Å². The zero-order chi connectivity index (χ0) is 12.3. The maximum atomic E-state index is 13.1. The van der Waals surface area contributed by atoms with Crippen molar-refractivity contribution in [3.8, 4) is 0 Å². The molecule has 2 aromatic rings. The summed E-state index contributed by atoms with van der Waals surface area (Å²) >= 11 is 0. The molecule has 0 atom stereocenters. The van der Waals surface area contributed by atoms with Crippen LogP contribution in [0.15, 0.2) is 42.7 Å². The van der Waals surface area contributed by atoms with E-state index in [0.29, 0.717) is 5.56 Å². The molecule has 0 N–H and O–H groups in total. The number of hydrogen-bond donors (Lipinski definition) is 0. The van der Waals surface area contributed by atoms with E-state index < -0.39 is 0 Å². The molecule has 2 rings (SSSR count). The summed E-state index contributed by atoms with van der Waals surface area (Å²) in [7, 11) is 0. The second kappa shape index (κ2) is 4.87. The van der Waals surface area contributed by atoms with Gasteiger partial charge in [0.2, 0.25) is 0 Å². The first-order valence-corrected chi connectivity index (χ1v) is 5.35. The largest absolute Gasteiger partial charge is 0.294 e. The van der Waals surface area contributed by atoms with Crippen LogP contribution in [-0.2, 0) is 6.42 Å². The summed E-state index contributed by atoms with van der Waals surface area (Å²) in [6.07, 6.45) is 3.34. The first kappa shape index (κ1) is 11.5. The van der Waals surface area contributed by atoms with E-state index in [0.717, 1.165) is 11.1 Å². The van der Waals surface area contributed by atoms with Gasteiger partial charge in [-0.2, -0.15) is 0 Å². The first-order valence-electron chi connectivity index (χ1n) is 5.35. The molecule has 3 heteroatoms. The highest BCUT2D eigenvalue weighted by Gasteiger charge is 2.09. The lowest BCUT2D eigenvalue weighted by atomic mass is 10.0. The Morgan fingerprint density at radius 1 is 1.35 bits per heavy atom. The van der Waals surface area contributed by atoms with Crippen LogP contribution in [0.5, 0.6) is 0 Å². The van der Waals surface area contributed by atoms with Gasteiger partial charge in [0.1, 0.15) is 5.82 Å². The fourth-order valence-corrected chi connectivity index (χ4v) is 1.63. The van der Waals surface area contributed by atoms with Gasteiger partial charge in [0, 0.05) is 24.4 Å². The fourth-order valence-electron chi connectivity index (χ4n) is 1.63. The van der Waals surface area contributed by atoms with Crippen molar-refractivity contribution in [1.82, 2.24) is 4.98 Å². The maximum Gasteiger partial charge on any atom is 0.168 e. The summed E-state index contributed by atoms with van der Waals surface area (Å²) in [6, 6.07) is 7.91. The second-order valence-corrected chi connectivity index (χ2v) is 3.91. The maximum absolute atomic E-state index is 13.1. The average Bonchev–Trinajstić information content (AvgIpc) is 2.35. The molecule has 0 unspecified atom stereocenters. The Morgan fingerprint density at radius 3 is 2.88 bits per heavy atom. The van der Waals surface area contributed by atoms with Crippen molar-refractivity contribution < 1.29 is 9.18 Å². The van der Waals surface area contributed by atoms with Gasteiger partial charge in [-0.15, -0.1) is 0 Å². The molecule has 1 aromatic heterocycles. The summed E-state index contributed by atoms with van der Waals surface area (Å²) in [5.41, 5.74) is 2.19. The Morgan fingerprint density at radius 2 is 2.18 bits per heavy atom. The predicted octanol–water partition coefficient (Wildman–Crippen LogP) is 2.95. The van der Waals surface area contributed by atoms with Crippen LogP contribution in [0.25, 0.3) is 0 Å². The molecule has 0 fully saturated rings. The minimum absolute atomic E-state index is 0.0493. The summed E-state index contributed by atoms with van der Waals surface area (Å²) in [5, 5.41) is 0. The lowest BCUT2D eigenvalue weighted by Crippen LogP contribution is -2.05. The van der Waals surface area contributed by atoms with E-state index in [1.54, 1.807) is 24.4 Å². The van der Waals surface area contributed by atoms with Gasteiger partial charge < -0.3 is 0 Å². The summed E-state index contributed by atoms with van der Waals surface area (Å²) < 4.78 is 13.1. The van der Waals surface area contributed by atoms with Crippen LogP contribution >= 0.6 is 0 Å². The number of carbonyl (C=O) groups is 1. The molecule has 2 nitrogen and oxygen atoms in total. The number of Topliss-reactive ketones (excluding diaryl/α,β-unsaturated/α-hetero) is 1. The molecule has 0 aliphatic rings. The molecule has 0 amide bonds. The Balaban J connectivity index is 2.22. The zero-order valence-electron chi connectivity index (χ0n) is 9.48. The number of aromatic nitrogens is 1. The summed E-state index contributed by atoms with van der Waals surface area (Å²) in [5.74, 6) is -0.364. The van der Waals surface area contributed by atoms with E-state index in [9.17, 15) is 9.18 Å². The highest BCUT2D eigenvalue weighted by Crippen LogP contribution is 2.13. The number of ketones is 1. The smallest absolute Gasteiger partial charge is 0.168 e. The number of pyridine rings is 1. The number of hydrogen-bond acceptors (Lipinski definition) is 2. The monoisotopic (exact) mass is 229 g/mol. The van der Waals surface area contributed by atoms with Crippen LogP contribution in [0, 0.1) is 12.7 Å². The molecule has 0 bridgehead atoms. The van der Waals surface area contributed by atoms with E-state index in [2.05, 4.69) is 4.98 Å². The van der Waals surface area contributed by atoms with Crippen molar-refractivity contribution in [1.29, 1.82) is 0 Å². The Labute approximate surface area is 99.1 Å². The molecule has 0 saturated carbocycles. The van der Waals surface area contributed by atoms with E-state index in [-0.39, 0.29) is 18.0 Å². The second-order valence-electron chi connectivity index (χ2n) is 3.91. The SMILES string of the molecule is Cc1ccc(F)cc1CC(=O)c1cccnc1. The van der Waals surface area contributed by atoms with Gasteiger partial charge in [-0.25, -0.2) is 4.39 Å². The molecule has 86 valence electrons. The highest BCUT2D eigenvalue weighted by molar-refractivity contribution is 5.97. The Bertz CT molecular complexity index is 537. The van der Waals surface area contributed by atoms with Crippen molar-refractivity contribution in [2.75, 3.05) is 0 Å². The Kier molecular flexibility index (Phi) is 3.28. The third-order valence-electron chi connectivity index (χ3n) is 2.65. The molecule has 0 saturated heterocycles. The highest BCUT2D eigenvalue weighted by atomic mass is 19.1. The normalized spacial score (nSPS) is 10.2. The molecule has 1 aromatic carbocycles. The van der Waals surface area contributed by atoms with Crippen LogP contribution in [0.1, 0.15) is 21.5 Å². The lowest BCUT2D eigenvalue weighted by molar-refractivity contribution is 0.0992. The van der Waals surface area contributed by atoms with Crippen LogP contribution in [0.2, 0.25) is 0 Å². The fraction of sp³-hybridized carbons (Fsp3) is 0.143. The van der Waals surface area contributed by atoms with Gasteiger partial charge in [-0.05, 0) is 42.3 Å². The molecular weight excluding hydrogens is 217 g/mol. The molecule has 0 aliphatic heterocycles. The van der Waals surface area contributed by atoms with Gasteiger partial charge >= 0.3 is 0 Å². The van der Waals surface area contributed by atoms with E-state index in [1.807, 2.05) is 6.92 Å². The van der Waals surface area contributed by atoms with Crippen LogP contribution < -0.4 is 0 Å². The summed E-state index contributed by atoms with van der Waals surface area (Å²) in [4.78, 5) is 15.8. The van der Waals surface area contributed by atoms with Crippen LogP contribution in [-0.4, -0.2) is 10.8 Å². The van der Waals surface area contributed by atoms with Crippen molar-refractivity contribution in [2.24, 2.45) is 0 Å². The van der Waals surface area contributed by atoms with Crippen molar-refractivity contribution >= 4 is 5.78 Å². The van der Waals surface area contributed by atoms with Gasteiger partial charge in [0.05, 0.1) is 0 Å². The predicted molar refractivity (Wildman–Crippen MR) is 63.4 cm³/mol. The van der Waals surface area contributed by atoms with Gasteiger partial charge in [0.15, 0.2) is 5.78 Å². The third kappa shape index (κ3) is 2.75. The first-order chi connectivity index (χ1) is 8.16. The van der Waals surface area contributed by atoms with E-state index in [1.165, 1.54) is 18.3 Å². The number of nitrogens with zero attached hydrogens (tertiary/aromatic N) is 1. The van der Waals surface area contributed by atoms with Crippen LogP contribution in [0.3, 0.4) is 0 Å². The van der Waals surface area contributed by atoms with Crippen molar-refractivity contribution in [3.05, 3.63) is 65.2 Å². The molecule has 17 heavy (non-hydrogen) atoms. The van der Waals surface area contributed by atoms with Crippen molar-refractivity contribution in [3.63, 3.8) is 0 Å². The Hall–Kier alpha value is -2.03. The number of rotatable bonds is 3. The molecule has 0 spiro atoms. The third-order valence-corrected chi connectivity index (χ3v) is 2.65. The molecule has 0 radical (unpaired) electrons. The minimum atomic E-state index is -0.315. The average molecular weight is 229 g/mol. The number of halogens is 1. The molecule has 0 aliphatic carbocycles. The topological polar surface area (TPSA) is 30.0 Å². The van der Waals surface area contributed by atoms with Crippen molar-refractivity contribution in [2.45, 2.75) is 13.3 Å². The van der Waals surface area contributed by atoms with E-state index in [4.69, 9.17) is 0 Å². The van der Waals surface area contributed by atoms with Crippen LogP contribution in [0.4, 0.5) is 4.39 Å². The summed E-state index contributed by atoms with van der Waals surface area (Å²) in [6.45, 7) is 1.87. The minimum Gasteiger partial charge on any atom is -0.294 e. The van der Waals surface area contributed by atoms with E-state index >= 15 is 0 Å².